The van der Waals surface area contributed by atoms with E-state index >= 15 is 0 Å². The molecule has 1 heterocycles. The summed E-state index contributed by atoms with van der Waals surface area (Å²) in [6, 6.07) is 16.6. The molecule has 0 radical (unpaired) electrons. The summed E-state index contributed by atoms with van der Waals surface area (Å²) in [5.74, 6) is -1.04. The smallest absolute Gasteiger partial charge is 0.315 e. The Morgan fingerprint density at radius 2 is 1.46 bits per heavy atom. The van der Waals surface area contributed by atoms with Gasteiger partial charge >= 0.3 is 11.8 Å². The number of rotatable bonds is 3. The molecule has 26 heavy (non-hydrogen) atoms. The molecule has 0 aliphatic rings. The molecule has 2 N–H and O–H groups in total. The molecule has 0 saturated carbocycles. The molecule has 0 spiro atoms. The average molecular weight is 348 g/mol. The number of nitrogens with zero attached hydrogens (tertiary/aromatic N) is 2. The lowest BCUT2D eigenvalue weighted by atomic mass is 10.1. The second kappa shape index (κ2) is 7.23. The quantitative estimate of drug-likeness (QED) is 0.713. The molecule has 2 amide bonds. The topological polar surface area (TPSA) is 76.0 Å². The molecule has 0 bridgehead atoms. The standard InChI is InChI=1S/C20H20N4O2/c1-13-9-14(2)11-17(10-13)24-18(12-15(3)23-24)22-20(26)19(25)21-16-7-5-4-6-8-16/h4-12H,1-3H3,(H,21,25)(H,22,26). The number of carbonyl (C=O) groups excluding carboxylic acids is 2. The van der Waals surface area contributed by atoms with Crippen LogP contribution in [0.5, 0.6) is 0 Å². The molecule has 1 aromatic heterocycles. The van der Waals surface area contributed by atoms with Crippen LogP contribution in [0.4, 0.5) is 11.5 Å². The Kier molecular flexibility index (Phi) is 4.84. The van der Waals surface area contributed by atoms with E-state index < -0.39 is 11.8 Å². The summed E-state index contributed by atoms with van der Waals surface area (Å²) in [6.07, 6.45) is 0. The molecule has 6 heteroatoms. The van der Waals surface area contributed by atoms with E-state index in [-0.39, 0.29) is 0 Å². The Morgan fingerprint density at radius 1 is 0.846 bits per heavy atom. The predicted octanol–water partition coefficient (Wildman–Crippen LogP) is 3.37. The lowest BCUT2D eigenvalue weighted by molar-refractivity contribution is -0.133. The van der Waals surface area contributed by atoms with Gasteiger partial charge in [0.2, 0.25) is 0 Å². The Bertz CT molecular complexity index is 941. The first-order chi connectivity index (χ1) is 12.4. The molecular weight excluding hydrogens is 328 g/mol. The summed E-state index contributed by atoms with van der Waals surface area (Å²) in [5.41, 5.74) is 4.31. The van der Waals surface area contributed by atoms with Crippen LogP contribution in [0, 0.1) is 20.8 Å². The fourth-order valence-electron chi connectivity index (χ4n) is 2.74. The number of carbonyl (C=O) groups is 2. The minimum atomic E-state index is -0.751. The van der Waals surface area contributed by atoms with Gasteiger partial charge in [0.25, 0.3) is 0 Å². The number of aromatic nitrogens is 2. The highest BCUT2D eigenvalue weighted by atomic mass is 16.2. The van der Waals surface area contributed by atoms with Gasteiger partial charge in [-0.3, -0.25) is 9.59 Å². The largest absolute Gasteiger partial charge is 0.318 e. The molecule has 0 aliphatic heterocycles. The molecule has 3 rings (SSSR count). The first-order valence-corrected chi connectivity index (χ1v) is 8.25. The lowest BCUT2D eigenvalue weighted by Crippen LogP contribution is -2.29. The molecule has 132 valence electrons. The van der Waals surface area contributed by atoms with E-state index in [2.05, 4.69) is 21.8 Å². The third-order valence-electron chi connectivity index (χ3n) is 3.76. The number of hydrogen-bond acceptors (Lipinski definition) is 3. The molecule has 0 aliphatic carbocycles. The Labute approximate surface area is 151 Å². The van der Waals surface area contributed by atoms with Crippen LogP contribution in [0.3, 0.4) is 0 Å². The zero-order chi connectivity index (χ0) is 18.7. The van der Waals surface area contributed by atoms with E-state index in [4.69, 9.17) is 0 Å². The van der Waals surface area contributed by atoms with Crippen LogP contribution in [-0.4, -0.2) is 21.6 Å². The summed E-state index contributed by atoms with van der Waals surface area (Å²) in [5, 5.41) is 9.63. The summed E-state index contributed by atoms with van der Waals surface area (Å²) >= 11 is 0. The molecule has 0 saturated heterocycles. The van der Waals surface area contributed by atoms with Gasteiger partial charge in [0.15, 0.2) is 0 Å². The van der Waals surface area contributed by atoms with Gasteiger partial charge in [0.05, 0.1) is 11.4 Å². The lowest BCUT2D eigenvalue weighted by Gasteiger charge is -2.10. The SMILES string of the molecule is Cc1cc(C)cc(-n2nc(C)cc2NC(=O)C(=O)Nc2ccccc2)c1. The first kappa shape index (κ1) is 17.4. The van der Waals surface area contributed by atoms with Gasteiger partial charge in [0, 0.05) is 11.8 Å². The maximum Gasteiger partial charge on any atom is 0.315 e. The van der Waals surface area contributed by atoms with E-state index in [9.17, 15) is 9.59 Å². The number of nitrogens with one attached hydrogen (secondary N) is 2. The van der Waals surface area contributed by atoms with Crippen molar-refractivity contribution >= 4 is 23.3 Å². The van der Waals surface area contributed by atoms with Crippen LogP contribution in [0.25, 0.3) is 5.69 Å². The summed E-state index contributed by atoms with van der Waals surface area (Å²) in [4.78, 5) is 24.4. The van der Waals surface area contributed by atoms with Crippen molar-refractivity contribution in [2.45, 2.75) is 20.8 Å². The first-order valence-electron chi connectivity index (χ1n) is 8.25. The minimum Gasteiger partial charge on any atom is -0.318 e. The number of aryl methyl sites for hydroxylation is 3. The second-order valence-corrected chi connectivity index (χ2v) is 6.20. The maximum atomic E-state index is 12.3. The predicted molar refractivity (Wildman–Crippen MR) is 101 cm³/mol. The Balaban J connectivity index is 1.82. The summed E-state index contributed by atoms with van der Waals surface area (Å²) < 4.78 is 1.63. The third-order valence-corrected chi connectivity index (χ3v) is 3.76. The van der Waals surface area contributed by atoms with Crippen LogP contribution in [0.2, 0.25) is 0 Å². The van der Waals surface area contributed by atoms with Crippen molar-refractivity contribution in [3.8, 4) is 5.69 Å². The van der Waals surface area contributed by atoms with E-state index in [1.165, 1.54) is 0 Å². The Morgan fingerprint density at radius 3 is 2.12 bits per heavy atom. The molecule has 0 fully saturated rings. The number of anilines is 2. The van der Waals surface area contributed by atoms with Crippen LogP contribution >= 0.6 is 0 Å². The van der Waals surface area contributed by atoms with Crippen LogP contribution in [0.1, 0.15) is 16.8 Å². The molecule has 0 unspecified atom stereocenters. The maximum absolute atomic E-state index is 12.3. The molecule has 3 aromatic rings. The van der Waals surface area contributed by atoms with E-state index in [1.807, 2.05) is 39.0 Å². The molecule has 2 aromatic carbocycles. The highest BCUT2D eigenvalue weighted by Crippen LogP contribution is 2.20. The minimum absolute atomic E-state index is 0.445. The fourth-order valence-corrected chi connectivity index (χ4v) is 2.74. The van der Waals surface area contributed by atoms with Gasteiger partial charge in [-0.25, -0.2) is 4.68 Å². The van der Waals surface area contributed by atoms with Crippen molar-refractivity contribution in [1.82, 2.24) is 9.78 Å². The zero-order valence-electron chi connectivity index (χ0n) is 14.9. The average Bonchev–Trinajstić information content (AvgIpc) is 2.95. The van der Waals surface area contributed by atoms with Gasteiger partial charge in [-0.1, -0.05) is 24.3 Å². The van der Waals surface area contributed by atoms with Crippen LogP contribution < -0.4 is 10.6 Å². The van der Waals surface area contributed by atoms with Crippen molar-refractivity contribution in [1.29, 1.82) is 0 Å². The van der Waals surface area contributed by atoms with Crippen molar-refractivity contribution in [3.63, 3.8) is 0 Å². The van der Waals surface area contributed by atoms with Crippen molar-refractivity contribution in [2.75, 3.05) is 10.6 Å². The number of hydrogen-bond donors (Lipinski definition) is 2. The number of amides is 2. The molecule has 0 atom stereocenters. The van der Waals surface area contributed by atoms with Gasteiger partial charge in [-0.2, -0.15) is 5.10 Å². The van der Waals surface area contributed by atoms with Crippen LogP contribution in [-0.2, 0) is 9.59 Å². The normalized spacial score (nSPS) is 10.4. The fraction of sp³-hybridized carbons (Fsp3) is 0.150. The number of benzene rings is 2. The highest BCUT2D eigenvalue weighted by molar-refractivity contribution is 6.43. The van der Waals surface area contributed by atoms with Crippen molar-refractivity contribution < 1.29 is 9.59 Å². The monoisotopic (exact) mass is 348 g/mol. The molecular formula is C20H20N4O2. The highest BCUT2D eigenvalue weighted by Gasteiger charge is 2.17. The van der Waals surface area contributed by atoms with Crippen molar-refractivity contribution in [3.05, 3.63) is 71.4 Å². The van der Waals surface area contributed by atoms with Gasteiger partial charge in [-0.15, -0.1) is 0 Å². The van der Waals surface area contributed by atoms with Crippen molar-refractivity contribution in [2.24, 2.45) is 0 Å². The zero-order valence-corrected chi connectivity index (χ0v) is 14.9. The van der Waals surface area contributed by atoms with Gasteiger partial charge in [0.1, 0.15) is 5.82 Å². The number of para-hydroxylation sites is 1. The Hall–Kier alpha value is -3.41. The van der Waals surface area contributed by atoms with E-state index in [1.54, 1.807) is 35.0 Å². The van der Waals surface area contributed by atoms with Gasteiger partial charge in [-0.05, 0) is 56.2 Å². The van der Waals surface area contributed by atoms with Crippen LogP contribution in [0.15, 0.2) is 54.6 Å². The van der Waals surface area contributed by atoms with E-state index in [0.717, 1.165) is 22.5 Å². The van der Waals surface area contributed by atoms with Gasteiger partial charge < -0.3 is 10.6 Å². The molecule has 6 nitrogen and oxygen atoms in total. The van der Waals surface area contributed by atoms with E-state index in [0.29, 0.717) is 11.5 Å². The second-order valence-electron chi connectivity index (χ2n) is 6.20. The summed E-state index contributed by atoms with van der Waals surface area (Å²) in [7, 11) is 0. The third kappa shape index (κ3) is 3.97. The summed E-state index contributed by atoms with van der Waals surface area (Å²) in [6.45, 7) is 5.83.